The number of benzene rings is 1. The van der Waals surface area contributed by atoms with Crippen LogP contribution < -0.4 is 0 Å². The van der Waals surface area contributed by atoms with Crippen molar-refractivity contribution in [3.8, 4) is 0 Å². The van der Waals surface area contributed by atoms with Gasteiger partial charge in [-0.25, -0.2) is 13.9 Å². The first-order valence-corrected chi connectivity index (χ1v) is 8.74. The van der Waals surface area contributed by atoms with Crippen LogP contribution in [-0.4, -0.2) is 26.0 Å². The van der Waals surface area contributed by atoms with Crippen LogP contribution in [0.3, 0.4) is 0 Å². The second kappa shape index (κ2) is 6.60. The van der Waals surface area contributed by atoms with Crippen molar-refractivity contribution >= 4 is 5.65 Å². The zero-order chi connectivity index (χ0) is 19.2. The van der Waals surface area contributed by atoms with E-state index in [4.69, 9.17) is 0 Å². The van der Waals surface area contributed by atoms with Crippen molar-refractivity contribution in [1.29, 1.82) is 0 Å². The summed E-state index contributed by atoms with van der Waals surface area (Å²) in [4.78, 5) is 6.32. The summed E-state index contributed by atoms with van der Waals surface area (Å²) in [6.45, 7) is 2.84. The van der Waals surface area contributed by atoms with E-state index >= 15 is 0 Å². The van der Waals surface area contributed by atoms with E-state index in [1.807, 2.05) is 6.07 Å². The molecule has 4 nitrogen and oxygen atoms in total. The molecule has 0 saturated carbocycles. The number of aromatic nitrogens is 3. The molecule has 0 amide bonds. The molecule has 4 rings (SSSR count). The van der Waals surface area contributed by atoms with Crippen LogP contribution in [0.5, 0.6) is 0 Å². The maximum absolute atomic E-state index is 13.4. The molecule has 1 aliphatic heterocycles. The minimum Gasteiger partial charge on any atom is -0.290 e. The first-order valence-electron chi connectivity index (χ1n) is 8.74. The van der Waals surface area contributed by atoms with Gasteiger partial charge in [-0.05, 0) is 50.1 Å². The quantitative estimate of drug-likeness (QED) is 0.628. The van der Waals surface area contributed by atoms with E-state index in [-0.39, 0.29) is 17.5 Å². The molecule has 142 valence electrons. The SMILES string of the molecule is Cc1cc(C(F)(F)F)n2nc([C@@H]3CCCN3Cc3cccc(F)c3)cc2n1. The Morgan fingerprint density at radius 2 is 2.00 bits per heavy atom. The number of hydrogen-bond donors (Lipinski definition) is 0. The van der Waals surface area contributed by atoms with Crippen LogP contribution >= 0.6 is 0 Å². The fourth-order valence-electron chi connectivity index (χ4n) is 3.70. The predicted molar refractivity (Wildman–Crippen MR) is 91.5 cm³/mol. The van der Waals surface area contributed by atoms with Crippen molar-refractivity contribution in [3.63, 3.8) is 0 Å². The van der Waals surface area contributed by atoms with E-state index in [0.717, 1.165) is 35.5 Å². The van der Waals surface area contributed by atoms with Crippen molar-refractivity contribution in [2.75, 3.05) is 6.54 Å². The van der Waals surface area contributed by atoms with Gasteiger partial charge >= 0.3 is 6.18 Å². The first kappa shape index (κ1) is 17.9. The molecular weight excluding hydrogens is 360 g/mol. The summed E-state index contributed by atoms with van der Waals surface area (Å²) in [6, 6.07) is 8.87. The van der Waals surface area contributed by atoms with Gasteiger partial charge in [0.25, 0.3) is 0 Å². The Morgan fingerprint density at radius 3 is 2.74 bits per heavy atom. The monoisotopic (exact) mass is 378 g/mol. The molecular formula is C19H18F4N4. The predicted octanol–water partition coefficient (Wildman–Crippen LogP) is 4.53. The smallest absolute Gasteiger partial charge is 0.290 e. The number of nitrogens with zero attached hydrogens (tertiary/aromatic N) is 4. The van der Waals surface area contributed by atoms with Crippen molar-refractivity contribution < 1.29 is 17.6 Å². The molecule has 1 fully saturated rings. The van der Waals surface area contributed by atoms with Crippen molar-refractivity contribution in [2.45, 2.75) is 38.5 Å². The highest BCUT2D eigenvalue weighted by Crippen LogP contribution is 2.35. The lowest BCUT2D eigenvalue weighted by Crippen LogP contribution is -2.23. The summed E-state index contributed by atoms with van der Waals surface area (Å²) < 4.78 is 54.4. The molecule has 1 aromatic carbocycles. The number of alkyl halides is 3. The van der Waals surface area contributed by atoms with Crippen LogP contribution in [0, 0.1) is 12.7 Å². The number of hydrogen-bond acceptors (Lipinski definition) is 3. The lowest BCUT2D eigenvalue weighted by Gasteiger charge is -2.23. The lowest BCUT2D eigenvalue weighted by atomic mass is 10.1. The van der Waals surface area contributed by atoms with Crippen LogP contribution in [-0.2, 0) is 12.7 Å². The van der Waals surface area contributed by atoms with Gasteiger partial charge in [-0.3, -0.25) is 4.90 Å². The maximum Gasteiger partial charge on any atom is 0.433 e. The Balaban J connectivity index is 1.69. The van der Waals surface area contributed by atoms with E-state index in [9.17, 15) is 17.6 Å². The molecule has 3 heterocycles. The minimum atomic E-state index is -4.51. The van der Waals surface area contributed by atoms with Gasteiger partial charge in [-0.15, -0.1) is 0 Å². The fourth-order valence-corrected chi connectivity index (χ4v) is 3.70. The van der Waals surface area contributed by atoms with Gasteiger partial charge < -0.3 is 0 Å². The van der Waals surface area contributed by atoms with Crippen LogP contribution in [0.1, 0.15) is 41.5 Å². The molecule has 1 atom stereocenters. The molecule has 8 heteroatoms. The van der Waals surface area contributed by atoms with E-state index in [0.29, 0.717) is 17.9 Å². The topological polar surface area (TPSA) is 33.4 Å². The third kappa shape index (κ3) is 3.53. The third-order valence-electron chi connectivity index (χ3n) is 4.84. The molecule has 27 heavy (non-hydrogen) atoms. The average molecular weight is 378 g/mol. The fraction of sp³-hybridized carbons (Fsp3) is 0.368. The molecule has 1 saturated heterocycles. The largest absolute Gasteiger partial charge is 0.433 e. The highest BCUT2D eigenvalue weighted by atomic mass is 19.4. The Hall–Kier alpha value is -2.48. The summed E-state index contributed by atoms with van der Waals surface area (Å²) in [5, 5.41) is 4.23. The van der Waals surface area contributed by atoms with Gasteiger partial charge in [0.15, 0.2) is 5.65 Å². The van der Waals surface area contributed by atoms with Gasteiger partial charge in [0.2, 0.25) is 0 Å². The van der Waals surface area contributed by atoms with Gasteiger partial charge in [0, 0.05) is 18.3 Å². The van der Waals surface area contributed by atoms with Gasteiger partial charge in [-0.2, -0.15) is 18.3 Å². The van der Waals surface area contributed by atoms with Crippen LogP contribution in [0.15, 0.2) is 36.4 Å². The molecule has 0 aliphatic carbocycles. The second-order valence-electron chi connectivity index (χ2n) is 6.88. The first-order chi connectivity index (χ1) is 12.8. The summed E-state index contributed by atoms with van der Waals surface area (Å²) >= 11 is 0. The zero-order valence-corrected chi connectivity index (χ0v) is 14.7. The Labute approximate surface area is 153 Å². The molecule has 0 bridgehead atoms. The van der Waals surface area contributed by atoms with E-state index in [1.54, 1.807) is 12.1 Å². The summed E-state index contributed by atoms with van der Waals surface area (Å²) in [6.07, 6.45) is -2.81. The Bertz CT molecular complexity index is 979. The highest BCUT2D eigenvalue weighted by Gasteiger charge is 2.36. The van der Waals surface area contributed by atoms with Crippen LogP contribution in [0.4, 0.5) is 17.6 Å². The summed E-state index contributed by atoms with van der Waals surface area (Å²) in [5.74, 6) is -0.300. The third-order valence-corrected chi connectivity index (χ3v) is 4.84. The minimum absolute atomic E-state index is 0.114. The van der Waals surface area contributed by atoms with Crippen LogP contribution in [0.2, 0.25) is 0 Å². The molecule has 3 aromatic rings. The van der Waals surface area contributed by atoms with Gasteiger partial charge in [0.1, 0.15) is 11.5 Å². The Morgan fingerprint density at radius 1 is 1.19 bits per heavy atom. The van der Waals surface area contributed by atoms with Crippen molar-refractivity contribution in [1.82, 2.24) is 19.5 Å². The number of halogens is 4. The molecule has 2 aromatic heterocycles. The standard InChI is InChI=1S/C19H18F4N4/c1-12-8-17(19(21,22)23)27-18(24-12)10-15(25-27)16-6-3-7-26(16)11-13-4-2-5-14(20)9-13/h2,4-5,8-10,16H,3,6-7,11H2,1H3/t16-/m0/s1. The molecule has 0 N–H and O–H groups in total. The number of fused-ring (bicyclic) bond motifs is 1. The average Bonchev–Trinajstić information content (AvgIpc) is 3.19. The van der Waals surface area contributed by atoms with Gasteiger partial charge in [-0.1, -0.05) is 12.1 Å². The number of likely N-dealkylation sites (tertiary alicyclic amines) is 1. The van der Waals surface area contributed by atoms with Crippen molar-refractivity contribution in [2.24, 2.45) is 0 Å². The maximum atomic E-state index is 13.4. The molecule has 0 unspecified atom stereocenters. The second-order valence-corrected chi connectivity index (χ2v) is 6.88. The van der Waals surface area contributed by atoms with E-state index in [1.165, 1.54) is 19.1 Å². The zero-order valence-electron chi connectivity index (χ0n) is 14.7. The number of aryl methyl sites for hydroxylation is 1. The number of rotatable bonds is 3. The highest BCUT2D eigenvalue weighted by molar-refractivity contribution is 5.43. The van der Waals surface area contributed by atoms with Gasteiger partial charge in [0.05, 0.1) is 11.7 Å². The Kier molecular flexibility index (Phi) is 4.38. The molecule has 0 radical (unpaired) electrons. The van der Waals surface area contributed by atoms with Crippen molar-refractivity contribution in [3.05, 3.63) is 64.9 Å². The van der Waals surface area contributed by atoms with Crippen LogP contribution in [0.25, 0.3) is 5.65 Å². The van der Waals surface area contributed by atoms with E-state index in [2.05, 4.69) is 15.0 Å². The normalized spacial score (nSPS) is 18.5. The lowest BCUT2D eigenvalue weighted by molar-refractivity contribution is -0.142. The van der Waals surface area contributed by atoms with E-state index < -0.39 is 11.9 Å². The molecule has 0 spiro atoms. The molecule has 1 aliphatic rings. The summed E-state index contributed by atoms with van der Waals surface area (Å²) in [5.41, 5.74) is 1.05. The summed E-state index contributed by atoms with van der Waals surface area (Å²) in [7, 11) is 0.